The van der Waals surface area contributed by atoms with Gasteiger partial charge in [-0.05, 0) is 25.3 Å². The van der Waals surface area contributed by atoms with E-state index in [9.17, 15) is 9.18 Å². The zero-order valence-electron chi connectivity index (χ0n) is 15.4. The van der Waals surface area contributed by atoms with Crippen LogP contribution in [0.2, 0.25) is 5.02 Å². The fourth-order valence-electron chi connectivity index (χ4n) is 3.63. The molecule has 1 saturated heterocycles. The third kappa shape index (κ3) is 3.64. The van der Waals surface area contributed by atoms with Crippen LogP contribution >= 0.6 is 11.6 Å². The molecule has 0 radical (unpaired) electrons. The van der Waals surface area contributed by atoms with Gasteiger partial charge < -0.3 is 15.2 Å². The van der Waals surface area contributed by atoms with Gasteiger partial charge in [0.1, 0.15) is 5.65 Å². The maximum atomic E-state index is 14.3. The molecule has 3 aromatic rings. The van der Waals surface area contributed by atoms with Gasteiger partial charge in [-0.25, -0.2) is 19.3 Å². The average Bonchev–Trinajstić information content (AvgIpc) is 3.10. The van der Waals surface area contributed by atoms with Crippen LogP contribution in [0.1, 0.15) is 26.2 Å². The Bertz CT molecular complexity index is 1020. The maximum absolute atomic E-state index is 14.3. The highest BCUT2D eigenvalue weighted by Crippen LogP contribution is 2.28. The molecule has 9 heteroatoms. The molecule has 4 rings (SSSR count). The summed E-state index contributed by atoms with van der Waals surface area (Å²) < 4.78 is 14.3. The summed E-state index contributed by atoms with van der Waals surface area (Å²) >= 11 is 6.04. The first kappa shape index (κ1) is 18.6. The molecule has 1 amide bonds. The molecule has 1 aliphatic rings. The minimum Gasteiger partial charge on any atom is -0.365 e. The van der Waals surface area contributed by atoms with Crippen molar-refractivity contribution in [1.82, 2.24) is 24.8 Å². The number of aromatic amines is 1. The first-order chi connectivity index (χ1) is 13.5. The maximum Gasteiger partial charge on any atom is 0.219 e. The van der Waals surface area contributed by atoms with Gasteiger partial charge in [-0.15, -0.1) is 0 Å². The molecule has 7 nitrogen and oxygen atoms in total. The van der Waals surface area contributed by atoms with Gasteiger partial charge in [-0.2, -0.15) is 0 Å². The van der Waals surface area contributed by atoms with Gasteiger partial charge in [-0.1, -0.05) is 11.6 Å². The van der Waals surface area contributed by atoms with E-state index in [2.05, 4.69) is 25.3 Å². The number of likely N-dealkylation sites (tertiary alicyclic amines) is 1. The van der Waals surface area contributed by atoms with Crippen molar-refractivity contribution in [3.63, 3.8) is 0 Å². The molecule has 1 aliphatic heterocycles. The Morgan fingerprint density at radius 3 is 3.07 bits per heavy atom. The molecule has 0 bridgehead atoms. The second kappa shape index (κ2) is 7.71. The molecule has 1 unspecified atom stereocenters. The standard InChI is InChI=1S/C19H20ClFN6O/c1-11(28)27-5-3-2-4-13(27)8-23-19-16(21)10-25-18(26-19)15-9-24-17-14(15)6-12(20)7-22-17/h6-7,9-10,13H,2-5,8H2,1H3,(H,22,24)(H,23,25,26). The summed E-state index contributed by atoms with van der Waals surface area (Å²) in [5, 5.41) is 4.32. The molecule has 0 aliphatic carbocycles. The molecule has 1 fully saturated rings. The molecule has 0 aromatic carbocycles. The molecule has 0 saturated carbocycles. The Hall–Kier alpha value is -2.74. The number of carbonyl (C=O) groups excluding carboxylic acids is 1. The Morgan fingerprint density at radius 1 is 1.39 bits per heavy atom. The van der Waals surface area contributed by atoms with Crippen LogP contribution in [-0.4, -0.2) is 49.9 Å². The number of anilines is 1. The van der Waals surface area contributed by atoms with E-state index in [-0.39, 0.29) is 17.8 Å². The van der Waals surface area contributed by atoms with Crippen molar-refractivity contribution < 1.29 is 9.18 Å². The molecule has 4 heterocycles. The summed E-state index contributed by atoms with van der Waals surface area (Å²) in [4.78, 5) is 29.4. The average molecular weight is 403 g/mol. The lowest BCUT2D eigenvalue weighted by Gasteiger charge is -2.35. The lowest BCUT2D eigenvalue weighted by Crippen LogP contribution is -2.46. The summed E-state index contributed by atoms with van der Waals surface area (Å²) in [5.74, 6) is -0.0156. The predicted octanol–water partition coefficient (Wildman–Crippen LogP) is 3.63. The summed E-state index contributed by atoms with van der Waals surface area (Å²) in [7, 11) is 0. The van der Waals surface area contributed by atoms with Gasteiger partial charge >= 0.3 is 0 Å². The molecule has 28 heavy (non-hydrogen) atoms. The topological polar surface area (TPSA) is 86.8 Å². The highest BCUT2D eigenvalue weighted by molar-refractivity contribution is 6.31. The van der Waals surface area contributed by atoms with Crippen molar-refractivity contribution in [2.75, 3.05) is 18.4 Å². The lowest BCUT2D eigenvalue weighted by molar-refractivity contribution is -0.132. The van der Waals surface area contributed by atoms with Gasteiger partial charge in [0.2, 0.25) is 5.91 Å². The Balaban J connectivity index is 1.58. The smallest absolute Gasteiger partial charge is 0.219 e. The number of amides is 1. The van der Waals surface area contributed by atoms with Crippen LogP contribution in [0.25, 0.3) is 22.4 Å². The zero-order chi connectivity index (χ0) is 19.7. The predicted molar refractivity (Wildman–Crippen MR) is 106 cm³/mol. The number of pyridine rings is 1. The summed E-state index contributed by atoms with van der Waals surface area (Å²) in [6.07, 6.45) is 7.36. The van der Waals surface area contributed by atoms with E-state index in [1.54, 1.807) is 25.4 Å². The van der Waals surface area contributed by atoms with Gasteiger partial charge in [-0.3, -0.25) is 4.79 Å². The highest BCUT2D eigenvalue weighted by atomic mass is 35.5. The fourth-order valence-corrected chi connectivity index (χ4v) is 3.78. The van der Waals surface area contributed by atoms with Crippen molar-refractivity contribution in [3.05, 3.63) is 35.5 Å². The normalized spacial score (nSPS) is 17.1. The van der Waals surface area contributed by atoms with Crippen LogP contribution < -0.4 is 5.32 Å². The van der Waals surface area contributed by atoms with Crippen molar-refractivity contribution in [1.29, 1.82) is 0 Å². The van der Waals surface area contributed by atoms with Crippen LogP contribution in [0.3, 0.4) is 0 Å². The van der Waals surface area contributed by atoms with E-state index in [1.165, 1.54) is 0 Å². The van der Waals surface area contributed by atoms with Crippen molar-refractivity contribution in [3.8, 4) is 11.4 Å². The van der Waals surface area contributed by atoms with Crippen LogP contribution in [-0.2, 0) is 4.79 Å². The zero-order valence-corrected chi connectivity index (χ0v) is 16.1. The number of H-pyrrole nitrogens is 1. The van der Waals surface area contributed by atoms with E-state index >= 15 is 0 Å². The van der Waals surface area contributed by atoms with Gasteiger partial charge in [0.25, 0.3) is 0 Å². The minimum absolute atomic E-state index is 0.0279. The summed E-state index contributed by atoms with van der Waals surface area (Å²) in [6, 6.07) is 1.79. The molecule has 0 spiro atoms. The van der Waals surface area contributed by atoms with Crippen LogP contribution in [0.15, 0.2) is 24.7 Å². The molecule has 2 N–H and O–H groups in total. The van der Waals surface area contributed by atoms with Gasteiger partial charge in [0.05, 0.1) is 11.2 Å². The summed E-state index contributed by atoms with van der Waals surface area (Å²) in [5.41, 5.74) is 1.34. The second-order valence-corrected chi connectivity index (χ2v) is 7.32. The number of rotatable bonds is 4. The fraction of sp³-hybridized carbons (Fsp3) is 0.368. The molecule has 3 aromatic heterocycles. The highest BCUT2D eigenvalue weighted by Gasteiger charge is 2.24. The third-order valence-electron chi connectivity index (χ3n) is 5.02. The Labute approximate surface area is 166 Å². The summed E-state index contributed by atoms with van der Waals surface area (Å²) in [6.45, 7) is 2.74. The number of hydrogen-bond acceptors (Lipinski definition) is 5. The third-order valence-corrected chi connectivity index (χ3v) is 5.23. The number of fused-ring (bicyclic) bond motifs is 1. The number of halogens is 2. The number of piperidine rings is 1. The lowest BCUT2D eigenvalue weighted by atomic mass is 10.0. The van der Waals surface area contributed by atoms with Crippen LogP contribution in [0.5, 0.6) is 0 Å². The SMILES string of the molecule is CC(=O)N1CCCCC1CNc1nc(-c2c[nH]c3ncc(Cl)cc23)ncc1F. The van der Waals surface area contributed by atoms with E-state index in [0.717, 1.165) is 37.4 Å². The molecule has 146 valence electrons. The second-order valence-electron chi connectivity index (χ2n) is 6.89. The number of carbonyl (C=O) groups is 1. The van der Waals surface area contributed by atoms with Gasteiger partial charge in [0.15, 0.2) is 17.5 Å². The van der Waals surface area contributed by atoms with E-state index in [4.69, 9.17) is 11.6 Å². The minimum atomic E-state index is -0.537. The van der Waals surface area contributed by atoms with Crippen LogP contribution in [0.4, 0.5) is 10.2 Å². The number of nitrogens with zero attached hydrogens (tertiary/aromatic N) is 4. The first-order valence-electron chi connectivity index (χ1n) is 9.19. The van der Waals surface area contributed by atoms with Crippen molar-refractivity contribution in [2.24, 2.45) is 0 Å². The quantitative estimate of drug-likeness (QED) is 0.696. The molecular weight excluding hydrogens is 383 g/mol. The number of hydrogen-bond donors (Lipinski definition) is 2. The number of nitrogens with one attached hydrogen (secondary N) is 2. The van der Waals surface area contributed by atoms with E-state index < -0.39 is 5.82 Å². The van der Waals surface area contributed by atoms with Crippen LogP contribution in [0, 0.1) is 5.82 Å². The number of aromatic nitrogens is 4. The van der Waals surface area contributed by atoms with Crippen molar-refractivity contribution >= 4 is 34.4 Å². The van der Waals surface area contributed by atoms with Crippen molar-refractivity contribution in [2.45, 2.75) is 32.2 Å². The monoisotopic (exact) mass is 402 g/mol. The Kier molecular flexibility index (Phi) is 5.13. The van der Waals surface area contributed by atoms with E-state index in [1.807, 2.05) is 4.90 Å². The van der Waals surface area contributed by atoms with E-state index in [0.29, 0.717) is 28.6 Å². The Morgan fingerprint density at radius 2 is 2.25 bits per heavy atom. The largest absolute Gasteiger partial charge is 0.365 e. The molecular formula is C19H20ClFN6O. The molecule has 1 atom stereocenters. The van der Waals surface area contributed by atoms with Gasteiger partial charge in [0, 0.05) is 49.4 Å². The first-order valence-corrected chi connectivity index (χ1v) is 9.57.